The largest absolute Gasteiger partial charge is 0.475 e. The van der Waals surface area contributed by atoms with Crippen LogP contribution < -0.4 is 10.6 Å². The molecule has 3 amide bonds. The summed E-state index contributed by atoms with van der Waals surface area (Å²) in [6.45, 7) is 25.4. The van der Waals surface area contributed by atoms with Gasteiger partial charge in [0.1, 0.15) is 41.2 Å². The van der Waals surface area contributed by atoms with Gasteiger partial charge in [0.25, 0.3) is 17.3 Å². The minimum Gasteiger partial charge on any atom is -0.475 e. The van der Waals surface area contributed by atoms with Crippen LogP contribution in [0, 0.1) is 44.8 Å². The predicted octanol–water partition coefficient (Wildman–Crippen LogP) is 19.2. The first-order valence-corrected chi connectivity index (χ1v) is 56.3. The van der Waals surface area contributed by atoms with Gasteiger partial charge in [0.05, 0.1) is 27.8 Å². The molecule has 8 aliphatic carbocycles. The van der Waals surface area contributed by atoms with Gasteiger partial charge < -0.3 is 88.8 Å². The third-order valence-corrected chi connectivity index (χ3v) is 36.5. The van der Waals surface area contributed by atoms with E-state index in [4.69, 9.17) is 38.3 Å². The lowest BCUT2D eigenvalue weighted by molar-refractivity contribution is -0.192. The van der Waals surface area contributed by atoms with Gasteiger partial charge in [-0.2, -0.15) is 0 Å². The average Bonchev–Trinajstić information content (AvgIpc) is 1.62. The Morgan fingerprint density at radius 1 is 0.336 bits per heavy atom. The Kier molecular flexibility index (Phi) is 37.7. The third kappa shape index (κ3) is 28.8. The number of amides is 3. The monoisotopic (exact) mass is 2090 g/mol. The highest BCUT2D eigenvalue weighted by Gasteiger charge is 2.58. The maximum atomic E-state index is 13.2. The Labute approximate surface area is 863 Å². The second kappa shape index (κ2) is 48.3. The van der Waals surface area contributed by atoms with Gasteiger partial charge in [-0.25, -0.2) is 43.2 Å². The lowest BCUT2D eigenvalue weighted by Gasteiger charge is -2.51. The summed E-state index contributed by atoms with van der Waals surface area (Å²) in [6.07, 6.45) is 29.7. The summed E-state index contributed by atoms with van der Waals surface area (Å²) in [5.74, 6) is -6.34. The van der Waals surface area contributed by atoms with E-state index >= 15 is 0 Å². The van der Waals surface area contributed by atoms with E-state index in [2.05, 4.69) is 15.4 Å². The maximum Gasteiger partial charge on any atom is 0.410 e. The molecular weight excluding hydrogens is 1950 g/mol. The molecule has 0 radical (unpaired) electrons. The van der Waals surface area contributed by atoms with Gasteiger partial charge in [0.2, 0.25) is 0 Å². The number of hydrogen-bond acceptors (Lipinski definition) is 32. The number of piperidine rings is 5. The molecule has 6 aromatic rings. The first-order chi connectivity index (χ1) is 67.8. The fourth-order valence-corrected chi connectivity index (χ4v) is 27.4. The van der Waals surface area contributed by atoms with E-state index in [1.54, 1.807) is 61.2 Å². The van der Waals surface area contributed by atoms with E-state index in [1.165, 1.54) is 95.5 Å². The Balaban J connectivity index is 0.000000144. The number of thiophene rings is 6. The lowest BCUT2D eigenvalue weighted by atomic mass is 9.61. The number of Topliss-reactive ketones (excluding diaryl/α,β-unsaturated/α-hetero) is 3. The number of carboxylic acids is 1. The summed E-state index contributed by atoms with van der Waals surface area (Å²) in [5, 5.41) is 69.5. The Bertz CT molecular complexity index is 5040. The zero-order valence-corrected chi connectivity index (χ0v) is 89.3. The van der Waals surface area contributed by atoms with E-state index in [0.29, 0.717) is 57.1 Å². The van der Waals surface area contributed by atoms with Crippen LogP contribution in [0.15, 0.2) is 105 Å². The van der Waals surface area contributed by atoms with Crippen molar-refractivity contribution in [1.82, 2.24) is 25.3 Å². The number of hydrogen-bond donors (Lipinski definition) is 7. The molecule has 36 heteroatoms. The SMILES string of the molecule is CC(C)(C)OC(=O)N1CCC2(CC1)CC(O)C2.CC(C)(C)OC(=O)N1CCC2(CC1)CC(OC(=O)C(=O)c1cccs1)C2.CC(C)(C)OC(=O)N1CCC2(CC1)CC(OC(=O)C(O)(c1cccs1)C1CCCC1)C2.COC(=O)C(=O)c1cccs1.O=C(O)C(=O)c1cccs1.O=C(OC1CC2(CCNCC2)C1)C(O)(c1cccs1)C1CCCC1.O=C(OC1CC2(CCNCC2)C1)C(O)(c1cccs1)C1CCCC1. The van der Waals surface area contributed by atoms with Crippen molar-refractivity contribution in [3.8, 4) is 0 Å². The summed E-state index contributed by atoms with van der Waals surface area (Å²) in [6, 6.07) is 21.1. The van der Waals surface area contributed by atoms with Crippen molar-refractivity contribution in [3.05, 3.63) is 134 Å². The molecule has 13 aliphatic rings. The fourth-order valence-electron chi connectivity index (χ4n) is 22.8. The molecule has 11 heterocycles. The van der Waals surface area contributed by atoms with Crippen molar-refractivity contribution < 1.29 is 121 Å². The Morgan fingerprint density at radius 2 is 0.580 bits per heavy atom. The molecule has 6 aromatic heterocycles. The van der Waals surface area contributed by atoms with Crippen LogP contribution in [0.4, 0.5) is 14.4 Å². The molecule has 30 nitrogen and oxygen atoms in total. The quantitative estimate of drug-likeness (QED) is 0.0171. The Hall–Kier alpha value is -8.40. The van der Waals surface area contributed by atoms with Crippen LogP contribution in [0.3, 0.4) is 0 Å². The van der Waals surface area contributed by atoms with Gasteiger partial charge in [0.15, 0.2) is 16.8 Å². The smallest absolute Gasteiger partial charge is 0.410 e. The van der Waals surface area contributed by atoms with E-state index in [9.17, 15) is 78.0 Å². The van der Waals surface area contributed by atoms with E-state index in [-0.39, 0.29) is 82.3 Å². The summed E-state index contributed by atoms with van der Waals surface area (Å²) in [7, 11) is 1.19. The van der Waals surface area contributed by atoms with Crippen LogP contribution in [-0.4, -0.2) is 232 Å². The molecule has 5 aliphatic heterocycles. The molecule has 7 N–H and O–H groups in total. The van der Waals surface area contributed by atoms with E-state index in [0.717, 1.165) is 240 Å². The summed E-state index contributed by atoms with van der Waals surface area (Å²) < 4.78 is 43.4. The summed E-state index contributed by atoms with van der Waals surface area (Å²) in [5.41, 5.74) is -4.46. The number of aliphatic carboxylic acids is 1. The molecule has 19 rings (SSSR count). The fraction of sp³-hybridized carbons (Fsp3) is 0.664. The number of ketones is 3. The van der Waals surface area contributed by atoms with Gasteiger partial charge in [-0.3, -0.25) is 14.4 Å². The van der Waals surface area contributed by atoms with Gasteiger partial charge in [-0.1, -0.05) is 74.9 Å². The minimum atomic E-state index is -1.52. The number of aliphatic hydroxyl groups excluding tert-OH is 1. The van der Waals surface area contributed by atoms with Crippen LogP contribution in [-0.2, 0) is 83.5 Å². The van der Waals surface area contributed by atoms with Crippen molar-refractivity contribution >= 4 is 139 Å². The van der Waals surface area contributed by atoms with E-state index in [1.807, 2.05) is 115 Å². The normalized spacial score (nSPS) is 22.8. The second-order valence-corrected chi connectivity index (χ2v) is 50.3. The average molecular weight is 2100 g/mol. The molecule has 5 spiro atoms. The number of nitrogens with zero attached hydrogens (tertiary/aromatic N) is 3. The number of carboxylic acid groups (broad SMARTS) is 1. The van der Waals surface area contributed by atoms with Crippen LogP contribution in [0.2, 0.25) is 0 Å². The van der Waals surface area contributed by atoms with Crippen molar-refractivity contribution in [3.63, 3.8) is 0 Å². The zero-order valence-electron chi connectivity index (χ0n) is 84.4. The Morgan fingerprint density at radius 3 is 0.818 bits per heavy atom. The molecule has 0 aromatic carbocycles. The third-order valence-electron chi connectivity index (χ3n) is 30.9. The zero-order chi connectivity index (χ0) is 103. The van der Waals surface area contributed by atoms with Crippen molar-refractivity contribution in [2.45, 2.75) is 332 Å². The van der Waals surface area contributed by atoms with E-state index < -0.39 is 86.8 Å². The number of carbonyl (C=O) groups is 12. The number of ether oxygens (including phenoxy) is 8. The predicted molar refractivity (Wildman–Crippen MR) is 545 cm³/mol. The standard InChI is InChI=1S/C24H35NO5S.C19H25NO5S.2C19H27NO3S.C13H23NO3.C7H6O3S.C6H4O3S/c1-22(2,3)30-21(27)25-12-10-23(11-13-25)15-18(16-23)29-20(26)24(28,17-7-4-5-8-17)19-9-6-14-31-19;1-18(2,3)25-17(23)20-8-6-19(7-9-20)11-13(12-19)24-16(22)15(21)14-5-4-10-26-14;2*21-17(23-15-12-18(13-15)7-9-20-10-8-18)19(22,14-4-1-2-5-14)16-6-3-11-24-16;1-12(2,3)17-11(16)14-6-4-13(5-7-14)8-10(15)9-13;1-10-7(9)6(8)5-3-2-4-11-5;7-5(6(8)9)4-2-1-3-10-4/h6,9,14,17-18,28H,4-5,7-8,10-13,15-16H2,1-3H3;4-5,10,13H,6-9,11-12H2,1-3H3;2*3,6,11,14-15,20,22H,1-2,4-5,7-10,12-13H2;10,15H,4-9H2,1-3H3;2-4H,1H3;1-3H,(H,8,9). The van der Waals surface area contributed by atoms with Crippen molar-refractivity contribution in [2.75, 3.05) is 72.6 Å². The highest BCUT2D eigenvalue weighted by molar-refractivity contribution is 7.14. The maximum absolute atomic E-state index is 13.2. The van der Waals surface area contributed by atoms with Crippen LogP contribution >= 0.6 is 68.0 Å². The molecule has 143 heavy (non-hydrogen) atoms. The highest BCUT2D eigenvalue weighted by Crippen LogP contribution is 2.57. The summed E-state index contributed by atoms with van der Waals surface area (Å²) >= 11 is 7.94. The first kappa shape index (κ1) is 112. The van der Waals surface area contributed by atoms with Gasteiger partial charge >= 0.3 is 54.1 Å². The molecule has 13 fully saturated rings. The number of aliphatic hydroxyl groups is 4. The van der Waals surface area contributed by atoms with Crippen molar-refractivity contribution in [1.29, 1.82) is 0 Å². The summed E-state index contributed by atoms with van der Waals surface area (Å²) in [4.78, 5) is 150. The minimum absolute atomic E-state index is 0.00318. The lowest BCUT2D eigenvalue weighted by Crippen LogP contribution is -2.53. The topological polar surface area (TPSA) is 414 Å². The second-order valence-electron chi connectivity index (χ2n) is 44.6. The number of likely N-dealkylation sites (tertiary alicyclic amines) is 3. The molecule has 5 saturated heterocycles. The number of methoxy groups -OCH3 is 1. The van der Waals surface area contributed by atoms with Gasteiger partial charge in [-0.15, -0.1) is 68.0 Å². The van der Waals surface area contributed by atoms with Gasteiger partial charge in [-0.05, 0) is 351 Å². The number of esters is 5. The molecule has 3 unspecified atom stereocenters. The number of rotatable bonds is 19. The number of nitrogens with one attached hydrogen (secondary N) is 2. The van der Waals surface area contributed by atoms with Crippen LogP contribution in [0.5, 0.6) is 0 Å². The molecule has 0 bridgehead atoms. The first-order valence-electron chi connectivity index (χ1n) is 51.0. The van der Waals surface area contributed by atoms with Crippen molar-refractivity contribution in [2.24, 2.45) is 44.8 Å². The number of carbonyl (C=O) groups excluding carboxylic acids is 11. The molecular formula is C107H147N5O25S6. The highest BCUT2D eigenvalue weighted by atomic mass is 32.1. The molecule has 8 saturated carbocycles. The van der Waals surface area contributed by atoms with Crippen LogP contribution in [0.1, 0.15) is 311 Å². The van der Waals surface area contributed by atoms with Crippen LogP contribution in [0.25, 0.3) is 0 Å². The molecule has 3 atom stereocenters. The van der Waals surface area contributed by atoms with Gasteiger partial charge in [0, 0.05) is 71.7 Å². The molecule has 786 valence electrons.